The molecule has 0 heterocycles. The van der Waals surface area contributed by atoms with E-state index in [9.17, 15) is 4.39 Å². The number of methoxy groups -OCH3 is 1. The van der Waals surface area contributed by atoms with Gasteiger partial charge in [0.2, 0.25) is 0 Å². The van der Waals surface area contributed by atoms with Crippen LogP contribution in [0.2, 0.25) is 0 Å². The van der Waals surface area contributed by atoms with E-state index in [0.717, 1.165) is 24.8 Å². The van der Waals surface area contributed by atoms with Crippen LogP contribution < -0.4 is 5.32 Å². The lowest BCUT2D eigenvalue weighted by molar-refractivity contribution is 0.165. The Hall–Kier alpha value is -0.930. The summed E-state index contributed by atoms with van der Waals surface area (Å²) in [5.74, 6) is -0.182. The number of ether oxygens (including phenoxy) is 1. The average molecular weight is 253 g/mol. The predicted octanol–water partition coefficient (Wildman–Crippen LogP) is 3.68. The van der Waals surface area contributed by atoms with Crippen molar-refractivity contribution in [1.82, 2.24) is 5.32 Å². The van der Waals surface area contributed by atoms with Gasteiger partial charge in [-0.1, -0.05) is 31.9 Å². The molecule has 0 bridgehead atoms. The highest BCUT2D eigenvalue weighted by molar-refractivity contribution is 5.20. The fourth-order valence-electron chi connectivity index (χ4n) is 2.09. The van der Waals surface area contributed by atoms with Crippen LogP contribution in [-0.2, 0) is 4.74 Å². The van der Waals surface area contributed by atoms with Crippen molar-refractivity contribution in [1.29, 1.82) is 0 Å². The summed E-state index contributed by atoms with van der Waals surface area (Å²) < 4.78 is 18.1. The van der Waals surface area contributed by atoms with Gasteiger partial charge in [0.1, 0.15) is 5.82 Å². The molecule has 0 aromatic heterocycles. The Bertz CT molecular complexity index is 326. The number of benzene rings is 1. The fourth-order valence-corrected chi connectivity index (χ4v) is 2.09. The molecule has 1 aromatic carbocycles. The molecule has 0 aliphatic heterocycles. The van der Waals surface area contributed by atoms with Gasteiger partial charge in [-0.05, 0) is 31.0 Å². The second kappa shape index (κ2) is 8.22. The molecular formula is C15H24FNO. The van der Waals surface area contributed by atoms with E-state index in [2.05, 4.69) is 19.2 Å². The van der Waals surface area contributed by atoms with Crippen molar-refractivity contribution in [2.75, 3.05) is 13.7 Å². The summed E-state index contributed by atoms with van der Waals surface area (Å²) in [5.41, 5.74) is 1.15. The highest BCUT2D eigenvalue weighted by Gasteiger charge is 2.13. The number of hydrogen-bond acceptors (Lipinski definition) is 2. The second-order valence-corrected chi connectivity index (χ2v) is 4.77. The van der Waals surface area contributed by atoms with E-state index in [1.165, 1.54) is 12.1 Å². The maximum absolute atomic E-state index is 12.9. The molecule has 0 spiro atoms. The summed E-state index contributed by atoms with van der Waals surface area (Å²) in [4.78, 5) is 0. The normalized spacial score (nSPS) is 14.4. The van der Waals surface area contributed by atoms with Crippen molar-refractivity contribution in [2.24, 2.45) is 0 Å². The number of hydrogen-bond donors (Lipinski definition) is 1. The summed E-state index contributed by atoms with van der Waals surface area (Å²) in [6.07, 6.45) is 3.39. The van der Waals surface area contributed by atoms with Gasteiger partial charge in [-0.2, -0.15) is 0 Å². The Balaban J connectivity index is 2.67. The van der Waals surface area contributed by atoms with Crippen LogP contribution in [0.25, 0.3) is 0 Å². The third-order valence-corrected chi connectivity index (χ3v) is 3.02. The molecule has 18 heavy (non-hydrogen) atoms. The van der Waals surface area contributed by atoms with Crippen molar-refractivity contribution >= 4 is 0 Å². The Morgan fingerprint density at radius 1 is 1.28 bits per heavy atom. The molecule has 0 amide bonds. The Labute approximate surface area is 110 Å². The lowest BCUT2D eigenvalue weighted by atomic mass is 10.0. The molecular weight excluding hydrogens is 229 g/mol. The molecule has 0 fully saturated rings. The first-order valence-electron chi connectivity index (χ1n) is 6.67. The smallest absolute Gasteiger partial charge is 0.123 e. The van der Waals surface area contributed by atoms with Crippen molar-refractivity contribution in [3.8, 4) is 0 Å². The van der Waals surface area contributed by atoms with Crippen LogP contribution in [0.5, 0.6) is 0 Å². The van der Waals surface area contributed by atoms with Gasteiger partial charge in [0, 0.05) is 19.2 Å². The van der Waals surface area contributed by atoms with Gasteiger partial charge in [-0.15, -0.1) is 0 Å². The molecule has 0 aliphatic rings. The largest absolute Gasteiger partial charge is 0.383 e. The number of halogens is 1. The minimum Gasteiger partial charge on any atom is -0.383 e. The number of unbranched alkanes of at least 4 members (excludes halogenated alkanes) is 1. The quantitative estimate of drug-likeness (QED) is 0.763. The van der Waals surface area contributed by atoms with Crippen molar-refractivity contribution in [3.63, 3.8) is 0 Å². The van der Waals surface area contributed by atoms with Gasteiger partial charge >= 0.3 is 0 Å². The summed E-state index contributed by atoms with van der Waals surface area (Å²) >= 11 is 0. The lowest BCUT2D eigenvalue weighted by Crippen LogP contribution is -2.33. The maximum atomic E-state index is 12.9. The van der Waals surface area contributed by atoms with Gasteiger partial charge in [0.15, 0.2) is 0 Å². The van der Waals surface area contributed by atoms with E-state index in [-0.39, 0.29) is 11.9 Å². The standard InChI is InChI=1S/C15H24FNO/c1-4-5-6-15(17-12(2)11-18-3)13-7-9-14(16)10-8-13/h7-10,12,15,17H,4-6,11H2,1-3H3. The molecule has 2 unspecified atom stereocenters. The van der Waals surface area contributed by atoms with Gasteiger partial charge in [0.05, 0.1) is 6.61 Å². The summed E-state index contributed by atoms with van der Waals surface area (Å²) in [5, 5.41) is 3.54. The fraction of sp³-hybridized carbons (Fsp3) is 0.600. The minimum atomic E-state index is -0.182. The van der Waals surface area contributed by atoms with Crippen molar-refractivity contribution in [2.45, 2.75) is 45.2 Å². The third kappa shape index (κ3) is 5.15. The molecule has 1 aromatic rings. The molecule has 2 atom stereocenters. The number of nitrogens with one attached hydrogen (secondary N) is 1. The zero-order chi connectivity index (χ0) is 13.4. The first-order chi connectivity index (χ1) is 8.67. The van der Waals surface area contributed by atoms with Crippen molar-refractivity contribution < 1.29 is 9.13 Å². The van der Waals surface area contributed by atoms with Gasteiger partial charge < -0.3 is 10.1 Å². The lowest BCUT2D eigenvalue weighted by Gasteiger charge is -2.23. The average Bonchev–Trinajstić information content (AvgIpc) is 2.36. The second-order valence-electron chi connectivity index (χ2n) is 4.77. The topological polar surface area (TPSA) is 21.3 Å². The maximum Gasteiger partial charge on any atom is 0.123 e. The van der Waals surface area contributed by atoms with Crippen molar-refractivity contribution in [3.05, 3.63) is 35.6 Å². The van der Waals surface area contributed by atoms with Crippen LogP contribution in [0.1, 0.15) is 44.7 Å². The minimum absolute atomic E-state index is 0.182. The number of rotatable bonds is 8. The van der Waals surface area contributed by atoms with E-state index in [4.69, 9.17) is 4.74 Å². The highest BCUT2D eigenvalue weighted by Crippen LogP contribution is 2.20. The zero-order valence-corrected chi connectivity index (χ0v) is 11.6. The van der Waals surface area contributed by atoms with Crippen LogP contribution in [0.15, 0.2) is 24.3 Å². The molecule has 0 aliphatic carbocycles. The van der Waals surface area contributed by atoms with Gasteiger partial charge in [-0.25, -0.2) is 4.39 Å². The first kappa shape index (κ1) is 15.1. The summed E-state index contributed by atoms with van der Waals surface area (Å²) in [6, 6.07) is 7.34. The van der Waals surface area contributed by atoms with E-state index in [1.54, 1.807) is 7.11 Å². The van der Waals surface area contributed by atoms with Crippen LogP contribution in [0.3, 0.4) is 0 Å². The molecule has 2 nitrogen and oxygen atoms in total. The molecule has 1 rings (SSSR count). The van der Waals surface area contributed by atoms with Crippen LogP contribution in [0, 0.1) is 5.82 Å². The SMILES string of the molecule is CCCCC(NC(C)COC)c1ccc(F)cc1. The summed E-state index contributed by atoms with van der Waals surface area (Å²) in [6.45, 7) is 4.97. The van der Waals surface area contributed by atoms with Crippen LogP contribution >= 0.6 is 0 Å². The van der Waals surface area contributed by atoms with E-state index in [0.29, 0.717) is 12.6 Å². The molecule has 3 heteroatoms. The Kier molecular flexibility index (Phi) is 6.91. The first-order valence-corrected chi connectivity index (χ1v) is 6.67. The van der Waals surface area contributed by atoms with E-state index >= 15 is 0 Å². The molecule has 0 saturated heterocycles. The van der Waals surface area contributed by atoms with E-state index in [1.807, 2.05) is 12.1 Å². The zero-order valence-electron chi connectivity index (χ0n) is 11.6. The third-order valence-electron chi connectivity index (χ3n) is 3.02. The Morgan fingerprint density at radius 3 is 2.50 bits per heavy atom. The van der Waals surface area contributed by atoms with Crippen LogP contribution in [-0.4, -0.2) is 19.8 Å². The molecule has 102 valence electrons. The van der Waals surface area contributed by atoms with Gasteiger partial charge in [-0.3, -0.25) is 0 Å². The summed E-state index contributed by atoms with van der Waals surface area (Å²) in [7, 11) is 1.71. The van der Waals surface area contributed by atoms with Gasteiger partial charge in [0.25, 0.3) is 0 Å². The monoisotopic (exact) mass is 253 g/mol. The molecule has 1 N–H and O–H groups in total. The molecule has 0 radical (unpaired) electrons. The molecule has 0 saturated carbocycles. The predicted molar refractivity (Wildman–Crippen MR) is 73.1 cm³/mol. The Morgan fingerprint density at radius 2 is 1.94 bits per heavy atom. The van der Waals surface area contributed by atoms with E-state index < -0.39 is 0 Å². The van der Waals surface area contributed by atoms with Crippen LogP contribution in [0.4, 0.5) is 4.39 Å². The highest BCUT2D eigenvalue weighted by atomic mass is 19.1.